The molecule has 1 atom stereocenters. The number of hydrogen-bond acceptors (Lipinski definition) is 4. The van der Waals surface area contributed by atoms with Crippen LogP contribution in [0.2, 0.25) is 0 Å². The number of nitrogens with one attached hydrogen (secondary N) is 2. The number of aromatic amines is 1. The molecule has 0 aliphatic rings. The number of rotatable bonds is 6. The smallest absolute Gasteiger partial charge is 0.270 e. The molecule has 1 aromatic heterocycles. The Labute approximate surface area is 156 Å². The van der Waals surface area contributed by atoms with Crippen molar-refractivity contribution in [2.24, 2.45) is 5.92 Å². The Morgan fingerprint density at radius 1 is 1.22 bits per heavy atom. The number of nitrogens with zero attached hydrogens (tertiary/aromatic N) is 2. The Hall–Kier alpha value is -2.77. The van der Waals surface area contributed by atoms with Gasteiger partial charge in [0.15, 0.2) is 0 Å². The van der Waals surface area contributed by atoms with Gasteiger partial charge in [-0.15, -0.1) is 0 Å². The number of anilines is 1. The summed E-state index contributed by atoms with van der Waals surface area (Å²) in [5.74, 6) is -3.17. The van der Waals surface area contributed by atoms with Crippen LogP contribution in [0.3, 0.4) is 0 Å². The summed E-state index contributed by atoms with van der Waals surface area (Å²) in [6.07, 6.45) is 0. The highest BCUT2D eigenvalue weighted by atomic mass is 19.3. The maximum atomic E-state index is 13.4. The van der Waals surface area contributed by atoms with Crippen LogP contribution in [-0.2, 0) is 5.92 Å². The van der Waals surface area contributed by atoms with E-state index in [9.17, 15) is 18.4 Å². The second kappa shape index (κ2) is 7.85. The van der Waals surface area contributed by atoms with E-state index in [2.05, 4.69) is 15.3 Å². The van der Waals surface area contributed by atoms with E-state index in [1.54, 1.807) is 31.1 Å². The Balaban J connectivity index is 2.29. The summed E-state index contributed by atoms with van der Waals surface area (Å²) in [5.41, 5.74) is 0.162. The summed E-state index contributed by atoms with van der Waals surface area (Å²) >= 11 is 0. The highest BCUT2D eigenvalue weighted by Gasteiger charge is 2.25. The molecular weight excluding hydrogens is 354 g/mol. The molecule has 0 aliphatic heterocycles. The van der Waals surface area contributed by atoms with Gasteiger partial charge in [0.25, 0.3) is 17.4 Å². The van der Waals surface area contributed by atoms with Crippen LogP contribution in [0.15, 0.2) is 35.1 Å². The van der Waals surface area contributed by atoms with Gasteiger partial charge in [0.2, 0.25) is 5.95 Å². The fourth-order valence-corrected chi connectivity index (χ4v) is 2.61. The standard InChI is InChI=1S/C19H24F2N4O2/c1-11(2)16(12-6-8-13(9-7-12)19(3,20)21)24-17(27)14-10-15(26)23-18(22-14)25(4)5/h6-11,16H,1-5H3,(H,24,27)(H,22,23,26)/t16-/m1/s1. The summed E-state index contributed by atoms with van der Waals surface area (Å²) < 4.78 is 26.8. The first-order valence-electron chi connectivity index (χ1n) is 8.57. The Morgan fingerprint density at radius 2 is 1.81 bits per heavy atom. The number of H-pyrrole nitrogens is 1. The van der Waals surface area contributed by atoms with Gasteiger partial charge in [-0.1, -0.05) is 38.1 Å². The van der Waals surface area contributed by atoms with Gasteiger partial charge in [-0.25, -0.2) is 13.8 Å². The molecule has 0 fully saturated rings. The normalized spacial score (nSPS) is 12.7. The third-order valence-electron chi connectivity index (χ3n) is 4.12. The lowest BCUT2D eigenvalue weighted by molar-refractivity contribution is 0.0174. The fourth-order valence-electron chi connectivity index (χ4n) is 2.61. The largest absolute Gasteiger partial charge is 0.348 e. The number of hydrogen-bond donors (Lipinski definition) is 2. The van der Waals surface area contributed by atoms with Crippen LogP contribution in [0, 0.1) is 5.92 Å². The molecule has 0 bridgehead atoms. The van der Waals surface area contributed by atoms with Gasteiger partial charge < -0.3 is 10.2 Å². The van der Waals surface area contributed by atoms with E-state index >= 15 is 0 Å². The number of aromatic nitrogens is 2. The number of carbonyl (C=O) groups excluding carboxylic acids is 1. The summed E-state index contributed by atoms with van der Waals surface area (Å²) in [7, 11) is 3.39. The average molecular weight is 378 g/mol. The third kappa shape index (κ3) is 5.12. The quantitative estimate of drug-likeness (QED) is 0.810. The van der Waals surface area contributed by atoms with Crippen LogP contribution in [-0.4, -0.2) is 30.0 Å². The van der Waals surface area contributed by atoms with Crippen molar-refractivity contribution in [2.75, 3.05) is 19.0 Å². The molecule has 0 saturated carbocycles. The molecule has 1 heterocycles. The SMILES string of the molecule is CC(C)[C@@H](NC(=O)c1cc(=O)[nH]c(N(C)C)n1)c1ccc(C(C)(F)F)cc1. The van der Waals surface area contributed by atoms with Gasteiger partial charge in [0.05, 0.1) is 6.04 Å². The van der Waals surface area contributed by atoms with Crippen molar-refractivity contribution in [3.8, 4) is 0 Å². The van der Waals surface area contributed by atoms with Crippen molar-refractivity contribution >= 4 is 11.9 Å². The zero-order valence-electron chi connectivity index (χ0n) is 16.0. The van der Waals surface area contributed by atoms with Crippen LogP contribution < -0.4 is 15.8 Å². The lowest BCUT2D eigenvalue weighted by Gasteiger charge is -2.23. The van der Waals surface area contributed by atoms with E-state index < -0.39 is 23.4 Å². The first-order valence-corrected chi connectivity index (χ1v) is 8.57. The third-order valence-corrected chi connectivity index (χ3v) is 4.12. The van der Waals surface area contributed by atoms with Crippen LogP contribution in [0.4, 0.5) is 14.7 Å². The molecule has 1 amide bonds. The average Bonchev–Trinajstić information content (AvgIpc) is 2.58. The molecule has 0 unspecified atom stereocenters. The Bertz CT molecular complexity index is 855. The predicted molar refractivity (Wildman–Crippen MR) is 100 cm³/mol. The topological polar surface area (TPSA) is 78.1 Å². The fraction of sp³-hybridized carbons (Fsp3) is 0.421. The number of carbonyl (C=O) groups is 1. The summed E-state index contributed by atoms with van der Waals surface area (Å²) in [4.78, 5) is 32.7. The first kappa shape index (κ1) is 20.5. The molecule has 146 valence electrons. The minimum absolute atomic E-state index is 0.00254. The monoisotopic (exact) mass is 378 g/mol. The molecule has 0 radical (unpaired) electrons. The van der Waals surface area contributed by atoms with Gasteiger partial charge in [0.1, 0.15) is 5.69 Å². The summed E-state index contributed by atoms with van der Waals surface area (Å²) in [6.45, 7) is 4.65. The number of amides is 1. The molecule has 2 aromatic rings. The molecule has 1 aromatic carbocycles. The van der Waals surface area contributed by atoms with Crippen LogP contribution in [0.25, 0.3) is 0 Å². The van der Waals surface area contributed by atoms with E-state index in [0.717, 1.165) is 13.0 Å². The maximum absolute atomic E-state index is 13.4. The number of benzene rings is 1. The minimum Gasteiger partial charge on any atom is -0.348 e. The van der Waals surface area contributed by atoms with Crippen molar-refractivity contribution in [3.05, 3.63) is 57.5 Å². The van der Waals surface area contributed by atoms with E-state index in [1.165, 1.54) is 12.1 Å². The molecule has 27 heavy (non-hydrogen) atoms. The summed E-state index contributed by atoms with van der Waals surface area (Å²) in [6, 6.07) is 6.57. The molecule has 0 spiro atoms. The molecule has 0 aliphatic carbocycles. The Kier molecular flexibility index (Phi) is 5.98. The number of alkyl halides is 2. The van der Waals surface area contributed by atoms with Crippen molar-refractivity contribution < 1.29 is 13.6 Å². The molecule has 2 N–H and O–H groups in total. The number of halogens is 2. The predicted octanol–water partition coefficient (Wildman–Crippen LogP) is 3.07. The lowest BCUT2D eigenvalue weighted by atomic mass is 9.94. The van der Waals surface area contributed by atoms with Gasteiger partial charge in [-0.2, -0.15) is 0 Å². The van der Waals surface area contributed by atoms with E-state index in [4.69, 9.17) is 0 Å². The Morgan fingerprint density at radius 3 is 2.30 bits per heavy atom. The second-order valence-electron chi connectivity index (χ2n) is 7.05. The first-order chi connectivity index (χ1) is 12.5. The van der Waals surface area contributed by atoms with Gasteiger partial charge in [-0.3, -0.25) is 14.6 Å². The van der Waals surface area contributed by atoms with Crippen molar-refractivity contribution in [1.29, 1.82) is 0 Å². The lowest BCUT2D eigenvalue weighted by Crippen LogP contribution is -2.33. The molecule has 0 saturated heterocycles. The maximum Gasteiger partial charge on any atom is 0.270 e. The summed E-state index contributed by atoms with van der Waals surface area (Å²) in [5, 5.41) is 2.84. The van der Waals surface area contributed by atoms with Crippen molar-refractivity contribution in [1.82, 2.24) is 15.3 Å². The molecule has 2 rings (SSSR count). The molecule has 8 heteroatoms. The van der Waals surface area contributed by atoms with Crippen LogP contribution in [0.5, 0.6) is 0 Å². The van der Waals surface area contributed by atoms with Gasteiger partial charge in [0, 0.05) is 32.6 Å². The van der Waals surface area contributed by atoms with E-state index in [-0.39, 0.29) is 23.1 Å². The van der Waals surface area contributed by atoms with E-state index in [0.29, 0.717) is 5.56 Å². The highest BCUT2D eigenvalue weighted by Crippen LogP contribution is 2.29. The molecule has 6 nitrogen and oxygen atoms in total. The van der Waals surface area contributed by atoms with Gasteiger partial charge in [-0.05, 0) is 11.5 Å². The second-order valence-corrected chi connectivity index (χ2v) is 7.05. The molecular formula is C19H24F2N4O2. The minimum atomic E-state index is -2.92. The van der Waals surface area contributed by atoms with Crippen LogP contribution >= 0.6 is 0 Å². The van der Waals surface area contributed by atoms with Gasteiger partial charge >= 0.3 is 0 Å². The van der Waals surface area contributed by atoms with E-state index in [1.807, 2.05) is 13.8 Å². The highest BCUT2D eigenvalue weighted by molar-refractivity contribution is 5.92. The van der Waals surface area contributed by atoms with Crippen molar-refractivity contribution in [3.63, 3.8) is 0 Å². The van der Waals surface area contributed by atoms with Crippen molar-refractivity contribution in [2.45, 2.75) is 32.7 Å². The zero-order valence-corrected chi connectivity index (χ0v) is 16.0. The van der Waals surface area contributed by atoms with Crippen LogP contribution in [0.1, 0.15) is 48.4 Å². The zero-order chi connectivity index (χ0) is 20.4.